The summed E-state index contributed by atoms with van der Waals surface area (Å²) in [4.78, 5) is 13.0. The van der Waals surface area contributed by atoms with Crippen LogP contribution in [0.2, 0.25) is 0 Å². The van der Waals surface area contributed by atoms with Gasteiger partial charge in [0.25, 0.3) is 0 Å². The number of tetrazole rings is 1. The highest BCUT2D eigenvalue weighted by Gasteiger charge is 2.32. The number of amides is 1. The van der Waals surface area contributed by atoms with E-state index >= 15 is 0 Å². The van der Waals surface area contributed by atoms with Gasteiger partial charge in [-0.2, -0.15) is 0 Å². The molecular formula is C18H25N5O3. The smallest absolute Gasteiger partial charge is 0.245 e. The molecule has 0 fully saturated rings. The molecule has 0 saturated heterocycles. The fraction of sp³-hybridized carbons (Fsp3) is 0.556. The Bertz CT molecular complexity index is 762. The van der Waals surface area contributed by atoms with E-state index in [1.165, 1.54) is 16.6 Å². The number of aromatic nitrogens is 4. The van der Waals surface area contributed by atoms with Gasteiger partial charge in [0.15, 0.2) is 11.5 Å². The van der Waals surface area contributed by atoms with Gasteiger partial charge in [-0.3, -0.25) is 4.79 Å². The van der Waals surface area contributed by atoms with E-state index in [9.17, 15) is 4.79 Å². The summed E-state index contributed by atoms with van der Waals surface area (Å²) in [6, 6.07) is 3.47. The van der Waals surface area contributed by atoms with Gasteiger partial charge in [-0.25, -0.2) is 4.68 Å². The number of hydrogen-bond donors (Lipinski definition) is 1. The van der Waals surface area contributed by atoms with Gasteiger partial charge >= 0.3 is 0 Å². The lowest BCUT2D eigenvalue weighted by Crippen LogP contribution is -2.38. The first-order valence-electron chi connectivity index (χ1n) is 8.86. The average molecular weight is 359 g/mol. The summed E-state index contributed by atoms with van der Waals surface area (Å²) >= 11 is 0. The number of ether oxygens (including phenoxy) is 2. The van der Waals surface area contributed by atoms with Crippen molar-refractivity contribution in [1.82, 2.24) is 25.5 Å². The number of carbonyl (C=O) groups is 1. The molecule has 140 valence electrons. The maximum atomic E-state index is 13.0. The first-order chi connectivity index (χ1) is 12.6. The number of nitrogens with one attached hydrogen (secondary N) is 1. The normalized spacial score (nSPS) is 18.1. The molecule has 3 atom stereocenters. The molecule has 0 saturated carbocycles. The molecule has 0 radical (unpaired) electrons. The molecule has 0 bridgehead atoms. The summed E-state index contributed by atoms with van der Waals surface area (Å²) in [7, 11) is 3.24. The molecule has 1 amide bonds. The number of nitrogens with zero attached hydrogens (tertiary/aromatic N) is 4. The number of fused-ring (bicyclic) bond motifs is 1. The van der Waals surface area contributed by atoms with E-state index in [2.05, 4.69) is 27.8 Å². The molecule has 1 aromatic heterocycles. The summed E-state index contributed by atoms with van der Waals surface area (Å²) < 4.78 is 12.3. The van der Waals surface area contributed by atoms with Crippen LogP contribution in [0.25, 0.3) is 0 Å². The number of carbonyl (C=O) groups excluding carboxylic acids is 1. The average Bonchev–Trinajstić information content (AvgIpc) is 3.31. The molecule has 26 heavy (non-hydrogen) atoms. The quantitative estimate of drug-likeness (QED) is 0.814. The summed E-state index contributed by atoms with van der Waals surface area (Å²) in [6.45, 7) is 4.08. The fourth-order valence-corrected chi connectivity index (χ4v) is 3.50. The van der Waals surface area contributed by atoms with Crippen molar-refractivity contribution in [2.45, 2.75) is 45.2 Å². The lowest BCUT2D eigenvalue weighted by Gasteiger charge is -2.24. The minimum atomic E-state index is -0.431. The van der Waals surface area contributed by atoms with Crippen LogP contribution in [0.15, 0.2) is 18.5 Å². The van der Waals surface area contributed by atoms with Gasteiger partial charge in [0.2, 0.25) is 5.91 Å². The molecule has 0 spiro atoms. The van der Waals surface area contributed by atoms with Gasteiger partial charge in [-0.05, 0) is 52.4 Å². The van der Waals surface area contributed by atoms with Gasteiger partial charge < -0.3 is 14.8 Å². The monoisotopic (exact) mass is 359 g/mol. The molecule has 1 aromatic carbocycles. The standard InChI is InChI=1S/C18H25N5O3/c1-5-11(2)17(23-10-19-21-22-23)18(24)20-14-7-6-12-8-15(25-3)16(26-4)9-13(12)14/h8-11,14,17H,5-7H2,1-4H3,(H,20,24)/t11-,14+,17-/m0/s1. The molecule has 1 N–H and O–H groups in total. The van der Waals surface area contributed by atoms with E-state index in [1.54, 1.807) is 14.2 Å². The van der Waals surface area contributed by atoms with Gasteiger partial charge in [-0.15, -0.1) is 5.10 Å². The molecule has 0 unspecified atom stereocenters. The summed E-state index contributed by atoms with van der Waals surface area (Å²) in [6.07, 6.45) is 4.08. The zero-order chi connectivity index (χ0) is 18.7. The van der Waals surface area contributed by atoms with Crippen molar-refractivity contribution in [3.63, 3.8) is 0 Å². The zero-order valence-corrected chi connectivity index (χ0v) is 15.6. The second kappa shape index (κ2) is 7.72. The Kier molecular flexibility index (Phi) is 5.39. The summed E-state index contributed by atoms with van der Waals surface area (Å²) in [5.74, 6) is 1.43. The minimum Gasteiger partial charge on any atom is -0.493 e. The number of rotatable bonds is 7. The summed E-state index contributed by atoms with van der Waals surface area (Å²) in [5.41, 5.74) is 2.26. The topological polar surface area (TPSA) is 91.2 Å². The van der Waals surface area contributed by atoms with Crippen LogP contribution >= 0.6 is 0 Å². The fourth-order valence-electron chi connectivity index (χ4n) is 3.50. The summed E-state index contributed by atoms with van der Waals surface area (Å²) in [5, 5.41) is 14.5. The Labute approximate surface area is 152 Å². The van der Waals surface area contributed by atoms with Crippen molar-refractivity contribution >= 4 is 5.91 Å². The van der Waals surface area contributed by atoms with Crippen LogP contribution in [0, 0.1) is 5.92 Å². The van der Waals surface area contributed by atoms with Crippen LogP contribution in [0.1, 0.15) is 49.9 Å². The molecule has 2 aromatic rings. The Balaban J connectivity index is 1.83. The predicted octanol–water partition coefficient (Wildman–Crippen LogP) is 2.08. The Morgan fingerprint density at radius 2 is 2.08 bits per heavy atom. The van der Waals surface area contributed by atoms with Crippen LogP contribution in [0.4, 0.5) is 0 Å². The van der Waals surface area contributed by atoms with Crippen molar-refractivity contribution in [2.75, 3.05) is 14.2 Å². The van der Waals surface area contributed by atoms with Crippen molar-refractivity contribution < 1.29 is 14.3 Å². The van der Waals surface area contributed by atoms with Crippen molar-refractivity contribution in [3.8, 4) is 11.5 Å². The SMILES string of the molecule is CC[C@H](C)[C@@H](C(=O)N[C@@H]1CCc2cc(OC)c(OC)cc21)n1cnnn1. The molecule has 3 rings (SSSR count). The van der Waals surface area contributed by atoms with Gasteiger partial charge in [0.05, 0.1) is 20.3 Å². The van der Waals surface area contributed by atoms with Crippen LogP contribution < -0.4 is 14.8 Å². The van der Waals surface area contributed by atoms with E-state index in [0.717, 1.165) is 24.8 Å². The van der Waals surface area contributed by atoms with E-state index in [1.807, 2.05) is 19.1 Å². The Hall–Kier alpha value is -2.64. The molecule has 1 aliphatic rings. The van der Waals surface area contributed by atoms with E-state index < -0.39 is 6.04 Å². The third kappa shape index (κ3) is 3.36. The van der Waals surface area contributed by atoms with E-state index in [-0.39, 0.29) is 17.9 Å². The molecule has 8 nitrogen and oxygen atoms in total. The Morgan fingerprint density at radius 3 is 2.69 bits per heavy atom. The first-order valence-corrected chi connectivity index (χ1v) is 8.86. The minimum absolute atomic E-state index is 0.0552. The van der Waals surface area contributed by atoms with E-state index in [4.69, 9.17) is 9.47 Å². The predicted molar refractivity (Wildman–Crippen MR) is 95.1 cm³/mol. The maximum absolute atomic E-state index is 13.0. The molecular weight excluding hydrogens is 334 g/mol. The molecule has 1 heterocycles. The Morgan fingerprint density at radius 1 is 1.35 bits per heavy atom. The second-order valence-electron chi connectivity index (χ2n) is 6.63. The number of benzene rings is 1. The molecule has 8 heteroatoms. The lowest BCUT2D eigenvalue weighted by molar-refractivity contribution is -0.127. The van der Waals surface area contributed by atoms with Crippen LogP contribution in [0.5, 0.6) is 11.5 Å². The molecule has 1 aliphatic carbocycles. The highest BCUT2D eigenvalue weighted by Crippen LogP contribution is 2.39. The van der Waals surface area contributed by atoms with Gasteiger partial charge in [-0.1, -0.05) is 20.3 Å². The number of methoxy groups -OCH3 is 2. The van der Waals surface area contributed by atoms with Crippen molar-refractivity contribution in [3.05, 3.63) is 29.6 Å². The third-order valence-corrected chi connectivity index (χ3v) is 5.14. The van der Waals surface area contributed by atoms with Crippen LogP contribution in [-0.2, 0) is 11.2 Å². The lowest BCUT2D eigenvalue weighted by atomic mass is 9.97. The highest BCUT2D eigenvalue weighted by atomic mass is 16.5. The number of hydrogen-bond acceptors (Lipinski definition) is 6. The largest absolute Gasteiger partial charge is 0.493 e. The van der Waals surface area contributed by atoms with Crippen LogP contribution in [-0.4, -0.2) is 40.3 Å². The van der Waals surface area contributed by atoms with E-state index in [0.29, 0.717) is 11.5 Å². The maximum Gasteiger partial charge on any atom is 0.245 e. The molecule has 0 aliphatic heterocycles. The van der Waals surface area contributed by atoms with Crippen molar-refractivity contribution in [2.24, 2.45) is 5.92 Å². The highest BCUT2D eigenvalue weighted by molar-refractivity contribution is 5.81. The van der Waals surface area contributed by atoms with Gasteiger partial charge in [0.1, 0.15) is 12.4 Å². The first kappa shape index (κ1) is 18.2. The second-order valence-corrected chi connectivity index (χ2v) is 6.63. The number of aryl methyl sites for hydroxylation is 1. The third-order valence-electron chi connectivity index (χ3n) is 5.14. The van der Waals surface area contributed by atoms with Crippen molar-refractivity contribution in [1.29, 1.82) is 0 Å². The van der Waals surface area contributed by atoms with Crippen LogP contribution in [0.3, 0.4) is 0 Å². The van der Waals surface area contributed by atoms with Gasteiger partial charge in [0, 0.05) is 0 Å². The zero-order valence-electron chi connectivity index (χ0n) is 15.6.